The number of nitrogens with two attached hydrogens (primary N) is 1. The molecule has 3 N–H and O–H groups in total. The molecule has 1 rings (SSSR count). The predicted octanol–water partition coefficient (Wildman–Crippen LogP) is 0.497. The molecule has 13 heavy (non-hydrogen) atoms. The highest BCUT2D eigenvalue weighted by molar-refractivity contribution is 5.57. The van der Waals surface area contributed by atoms with Crippen LogP contribution in [0.2, 0.25) is 0 Å². The summed E-state index contributed by atoms with van der Waals surface area (Å²) in [6.45, 7) is -0.0825. The topological polar surface area (TPSA) is 58.7 Å². The average Bonchev–Trinajstić information content (AvgIpc) is 2.16. The summed E-state index contributed by atoms with van der Waals surface area (Å²) in [7, 11) is 3.28. The Bertz CT molecular complexity index is 287. The van der Waals surface area contributed by atoms with Gasteiger partial charge in [0.1, 0.15) is 5.75 Å². The number of hydrogen-bond acceptors (Lipinski definition) is 4. The third kappa shape index (κ3) is 1.91. The standard InChI is InChI=1S/C9H14N2O2/c1-11(10)8-4-3-5-9(13-2)7(8)6-12/h3-5,12H,6,10H2,1-2H3. The maximum atomic E-state index is 9.12. The first-order chi connectivity index (χ1) is 6.20. The highest BCUT2D eigenvalue weighted by atomic mass is 16.5. The molecule has 0 atom stereocenters. The summed E-state index contributed by atoms with van der Waals surface area (Å²) in [5, 5.41) is 10.6. The number of aliphatic hydroxyl groups is 1. The number of benzene rings is 1. The maximum absolute atomic E-state index is 9.12. The molecule has 72 valence electrons. The van der Waals surface area contributed by atoms with Crippen molar-refractivity contribution in [3.63, 3.8) is 0 Å². The summed E-state index contributed by atoms with van der Waals surface area (Å²) in [6.07, 6.45) is 0. The van der Waals surface area contributed by atoms with Crippen molar-refractivity contribution in [2.75, 3.05) is 19.2 Å². The number of ether oxygens (including phenoxy) is 1. The van der Waals surface area contributed by atoms with E-state index >= 15 is 0 Å². The molecule has 4 heteroatoms. The lowest BCUT2D eigenvalue weighted by molar-refractivity contribution is 0.274. The fraction of sp³-hybridized carbons (Fsp3) is 0.333. The molecule has 0 spiro atoms. The van der Waals surface area contributed by atoms with Crippen molar-refractivity contribution in [2.45, 2.75) is 6.61 Å². The van der Waals surface area contributed by atoms with Crippen molar-refractivity contribution in [3.05, 3.63) is 23.8 Å². The summed E-state index contributed by atoms with van der Waals surface area (Å²) in [4.78, 5) is 0. The first-order valence-corrected chi connectivity index (χ1v) is 3.96. The predicted molar refractivity (Wildman–Crippen MR) is 51.5 cm³/mol. The van der Waals surface area contributed by atoms with E-state index in [0.29, 0.717) is 11.3 Å². The molecule has 0 fully saturated rings. The first-order valence-electron chi connectivity index (χ1n) is 3.96. The summed E-state index contributed by atoms with van der Waals surface area (Å²) < 4.78 is 5.08. The van der Waals surface area contributed by atoms with E-state index in [4.69, 9.17) is 15.7 Å². The van der Waals surface area contributed by atoms with E-state index in [1.165, 1.54) is 5.01 Å². The van der Waals surface area contributed by atoms with Crippen LogP contribution in [-0.4, -0.2) is 19.3 Å². The van der Waals surface area contributed by atoms with Gasteiger partial charge in [0.05, 0.1) is 19.4 Å². The molecule has 1 aromatic rings. The Hall–Kier alpha value is -1.26. The first kappa shape index (κ1) is 9.83. The Labute approximate surface area is 77.5 Å². The monoisotopic (exact) mass is 182 g/mol. The normalized spacial score (nSPS) is 9.85. The smallest absolute Gasteiger partial charge is 0.126 e. The number of anilines is 1. The molecule has 0 aliphatic carbocycles. The second-order valence-electron chi connectivity index (χ2n) is 2.73. The summed E-state index contributed by atoms with van der Waals surface area (Å²) in [5.41, 5.74) is 1.47. The molecule has 0 heterocycles. The van der Waals surface area contributed by atoms with E-state index in [2.05, 4.69) is 0 Å². The van der Waals surface area contributed by atoms with Crippen LogP contribution >= 0.6 is 0 Å². The van der Waals surface area contributed by atoms with Crippen LogP contribution < -0.4 is 15.6 Å². The maximum Gasteiger partial charge on any atom is 0.126 e. The van der Waals surface area contributed by atoms with E-state index in [-0.39, 0.29) is 6.61 Å². The van der Waals surface area contributed by atoms with Gasteiger partial charge < -0.3 is 14.9 Å². The highest BCUT2D eigenvalue weighted by Crippen LogP contribution is 2.27. The zero-order chi connectivity index (χ0) is 9.84. The number of methoxy groups -OCH3 is 1. The van der Waals surface area contributed by atoms with Crippen molar-refractivity contribution in [2.24, 2.45) is 5.84 Å². The van der Waals surface area contributed by atoms with Gasteiger partial charge in [-0.15, -0.1) is 0 Å². The molecule has 0 aliphatic rings. The third-order valence-corrected chi connectivity index (χ3v) is 1.87. The van der Waals surface area contributed by atoms with Crippen molar-refractivity contribution < 1.29 is 9.84 Å². The van der Waals surface area contributed by atoms with Gasteiger partial charge in [-0.2, -0.15) is 0 Å². The van der Waals surface area contributed by atoms with E-state index in [0.717, 1.165) is 5.69 Å². The Balaban J connectivity index is 3.19. The fourth-order valence-corrected chi connectivity index (χ4v) is 1.23. The van der Waals surface area contributed by atoms with Crippen LogP contribution in [0.1, 0.15) is 5.56 Å². The summed E-state index contributed by atoms with van der Waals surface area (Å²) in [6, 6.07) is 5.45. The molecule has 0 radical (unpaired) electrons. The second-order valence-corrected chi connectivity index (χ2v) is 2.73. The van der Waals surface area contributed by atoms with Crippen molar-refractivity contribution in [1.29, 1.82) is 0 Å². The van der Waals surface area contributed by atoms with Crippen molar-refractivity contribution in [1.82, 2.24) is 0 Å². The molecule has 1 aromatic carbocycles. The molecule has 0 amide bonds. The Morgan fingerprint density at radius 3 is 2.69 bits per heavy atom. The molecule has 0 bridgehead atoms. The minimum atomic E-state index is -0.0825. The van der Waals surface area contributed by atoms with Crippen LogP contribution in [0.25, 0.3) is 0 Å². The molecule has 0 aliphatic heterocycles. The molecule has 0 saturated heterocycles. The van der Waals surface area contributed by atoms with Gasteiger partial charge in [0.2, 0.25) is 0 Å². The Morgan fingerprint density at radius 2 is 2.23 bits per heavy atom. The summed E-state index contributed by atoms with van der Waals surface area (Å²) in [5.74, 6) is 6.23. The van der Waals surface area contributed by atoms with E-state index < -0.39 is 0 Å². The van der Waals surface area contributed by atoms with E-state index in [1.807, 2.05) is 12.1 Å². The van der Waals surface area contributed by atoms with Crippen LogP contribution in [0.5, 0.6) is 5.75 Å². The lowest BCUT2D eigenvalue weighted by Gasteiger charge is -2.17. The minimum absolute atomic E-state index is 0.0825. The van der Waals surface area contributed by atoms with Gasteiger partial charge in [0.25, 0.3) is 0 Å². The lowest BCUT2D eigenvalue weighted by atomic mass is 10.1. The summed E-state index contributed by atoms with van der Waals surface area (Å²) >= 11 is 0. The average molecular weight is 182 g/mol. The molecule has 0 saturated carbocycles. The van der Waals surface area contributed by atoms with Crippen molar-refractivity contribution >= 4 is 5.69 Å². The highest BCUT2D eigenvalue weighted by Gasteiger charge is 2.08. The van der Waals surface area contributed by atoms with Gasteiger partial charge in [-0.1, -0.05) is 6.07 Å². The fourth-order valence-electron chi connectivity index (χ4n) is 1.23. The van der Waals surface area contributed by atoms with E-state index in [9.17, 15) is 0 Å². The molecule has 0 aromatic heterocycles. The molecular weight excluding hydrogens is 168 g/mol. The third-order valence-electron chi connectivity index (χ3n) is 1.87. The van der Waals surface area contributed by atoms with Gasteiger partial charge in [-0.05, 0) is 12.1 Å². The zero-order valence-corrected chi connectivity index (χ0v) is 7.82. The lowest BCUT2D eigenvalue weighted by Crippen LogP contribution is -2.26. The largest absolute Gasteiger partial charge is 0.496 e. The van der Waals surface area contributed by atoms with Gasteiger partial charge in [0, 0.05) is 12.6 Å². The van der Waals surface area contributed by atoms with E-state index in [1.54, 1.807) is 20.2 Å². The van der Waals surface area contributed by atoms with Crippen LogP contribution in [0.3, 0.4) is 0 Å². The minimum Gasteiger partial charge on any atom is -0.496 e. The number of hydrazine groups is 1. The number of rotatable bonds is 3. The van der Waals surface area contributed by atoms with Crippen LogP contribution in [0.15, 0.2) is 18.2 Å². The van der Waals surface area contributed by atoms with Crippen molar-refractivity contribution in [3.8, 4) is 5.75 Å². The quantitative estimate of drug-likeness (QED) is 0.528. The number of aliphatic hydroxyl groups excluding tert-OH is 1. The number of hydrogen-bond donors (Lipinski definition) is 2. The number of nitrogens with zero attached hydrogens (tertiary/aromatic N) is 1. The Morgan fingerprint density at radius 1 is 1.54 bits per heavy atom. The van der Waals surface area contributed by atoms with Gasteiger partial charge in [0.15, 0.2) is 0 Å². The molecule has 4 nitrogen and oxygen atoms in total. The van der Waals surface area contributed by atoms with Crippen LogP contribution in [-0.2, 0) is 6.61 Å². The zero-order valence-electron chi connectivity index (χ0n) is 7.82. The molecular formula is C9H14N2O2. The van der Waals surface area contributed by atoms with Crippen LogP contribution in [0.4, 0.5) is 5.69 Å². The Kier molecular flexibility index (Phi) is 3.11. The van der Waals surface area contributed by atoms with Gasteiger partial charge >= 0.3 is 0 Å². The SMILES string of the molecule is COc1cccc(N(C)N)c1CO. The van der Waals surface area contributed by atoms with Gasteiger partial charge in [-0.3, -0.25) is 0 Å². The van der Waals surface area contributed by atoms with Crippen LogP contribution in [0, 0.1) is 0 Å². The molecule has 0 unspecified atom stereocenters. The second kappa shape index (κ2) is 4.11. The van der Waals surface area contributed by atoms with Gasteiger partial charge in [-0.25, -0.2) is 5.84 Å².